The maximum absolute atomic E-state index is 12.2. The average molecular weight is 368 g/mol. The molecular weight excluding hydrogens is 342 g/mol. The van der Waals surface area contributed by atoms with Gasteiger partial charge < -0.3 is 15.4 Å². The summed E-state index contributed by atoms with van der Waals surface area (Å²) in [6, 6.07) is 7.61. The van der Waals surface area contributed by atoms with Crippen LogP contribution in [0.1, 0.15) is 37.0 Å². The molecule has 0 bridgehead atoms. The van der Waals surface area contributed by atoms with Crippen LogP contribution in [-0.4, -0.2) is 47.1 Å². The highest BCUT2D eigenvalue weighted by atomic mass is 35.5. The Morgan fingerprint density at radius 2 is 1.92 bits per heavy atom. The summed E-state index contributed by atoms with van der Waals surface area (Å²) in [6.07, 6.45) is 0.785. The zero-order valence-electron chi connectivity index (χ0n) is 15.1. The number of amides is 1. The van der Waals surface area contributed by atoms with E-state index in [0.717, 1.165) is 17.1 Å². The first-order valence-electron chi connectivity index (χ1n) is 8.21. The Kier molecular flexibility index (Phi) is 8.37. The summed E-state index contributed by atoms with van der Waals surface area (Å²) in [5.41, 5.74) is 2.01. The Labute approximate surface area is 154 Å². The molecule has 0 saturated heterocycles. The Morgan fingerprint density at radius 1 is 1.24 bits per heavy atom. The predicted octanol–water partition coefficient (Wildman–Crippen LogP) is 1.99. The monoisotopic (exact) mass is 367 g/mol. The van der Waals surface area contributed by atoms with Gasteiger partial charge in [-0.3, -0.25) is 4.79 Å². The third-order valence-corrected chi connectivity index (χ3v) is 3.43. The first-order chi connectivity index (χ1) is 11.6. The molecule has 0 aliphatic rings. The van der Waals surface area contributed by atoms with Gasteiger partial charge in [0.25, 0.3) is 5.91 Å². The SMILES string of the molecule is CCc1c(C(=O)NCCNC)nnn1-c1ccc(OC(C)C)cc1.Cl. The molecule has 0 aliphatic heterocycles. The van der Waals surface area contributed by atoms with Gasteiger partial charge in [-0.05, 0) is 51.6 Å². The maximum atomic E-state index is 12.2. The zero-order chi connectivity index (χ0) is 17.5. The molecule has 0 atom stereocenters. The third-order valence-electron chi connectivity index (χ3n) is 3.43. The van der Waals surface area contributed by atoms with E-state index in [9.17, 15) is 4.79 Å². The van der Waals surface area contributed by atoms with Crippen molar-refractivity contribution in [2.45, 2.75) is 33.3 Å². The van der Waals surface area contributed by atoms with Crippen LogP contribution in [-0.2, 0) is 6.42 Å². The topological polar surface area (TPSA) is 81.1 Å². The fourth-order valence-electron chi connectivity index (χ4n) is 2.33. The molecule has 0 saturated carbocycles. The molecule has 7 nitrogen and oxygen atoms in total. The minimum absolute atomic E-state index is 0. The number of nitrogens with one attached hydrogen (secondary N) is 2. The van der Waals surface area contributed by atoms with E-state index in [-0.39, 0.29) is 24.4 Å². The molecule has 0 unspecified atom stereocenters. The second kappa shape index (κ2) is 10.0. The van der Waals surface area contributed by atoms with E-state index in [0.29, 0.717) is 25.2 Å². The average Bonchev–Trinajstić information content (AvgIpc) is 2.99. The quantitative estimate of drug-likeness (QED) is 0.697. The molecule has 0 fully saturated rings. The lowest BCUT2D eigenvalue weighted by atomic mass is 10.2. The molecule has 138 valence electrons. The molecule has 0 spiro atoms. The lowest BCUT2D eigenvalue weighted by Crippen LogP contribution is -2.31. The van der Waals surface area contributed by atoms with E-state index in [4.69, 9.17) is 4.74 Å². The van der Waals surface area contributed by atoms with E-state index < -0.39 is 0 Å². The number of nitrogens with zero attached hydrogens (tertiary/aromatic N) is 3. The van der Waals surface area contributed by atoms with Gasteiger partial charge in [-0.25, -0.2) is 4.68 Å². The highest BCUT2D eigenvalue weighted by Gasteiger charge is 2.19. The second-order valence-corrected chi connectivity index (χ2v) is 5.67. The van der Waals surface area contributed by atoms with Gasteiger partial charge in [-0.15, -0.1) is 17.5 Å². The van der Waals surface area contributed by atoms with Gasteiger partial charge in [0.05, 0.1) is 17.5 Å². The Balaban J connectivity index is 0.00000312. The lowest BCUT2D eigenvalue weighted by molar-refractivity contribution is 0.0948. The first-order valence-corrected chi connectivity index (χ1v) is 8.21. The van der Waals surface area contributed by atoms with Crippen LogP contribution >= 0.6 is 12.4 Å². The maximum Gasteiger partial charge on any atom is 0.273 e. The van der Waals surface area contributed by atoms with E-state index in [1.807, 2.05) is 52.1 Å². The minimum Gasteiger partial charge on any atom is -0.491 e. The molecule has 2 aromatic rings. The first kappa shape index (κ1) is 20.9. The highest BCUT2D eigenvalue weighted by Crippen LogP contribution is 2.18. The number of aromatic nitrogens is 3. The Bertz CT molecular complexity index is 670. The van der Waals surface area contributed by atoms with Crippen molar-refractivity contribution in [3.8, 4) is 11.4 Å². The second-order valence-electron chi connectivity index (χ2n) is 5.67. The largest absolute Gasteiger partial charge is 0.491 e. The van der Waals surface area contributed by atoms with Crippen LogP contribution in [0.25, 0.3) is 5.69 Å². The van der Waals surface area contributed by atoms with E-state index in [1.54, 1.807) is 4.68 Å². The smallest absolute Gasteiger partial charge is 0.273 e. The summed E-state index contributed by atoms with van der Waals surface area (Å²) in [5.74, 6) is 0.602. The number of ether oxygens (including phenoxy) is 1. The number of benzene rings is 1. The molecule has 8 heteroatoms. The normalized spacial score (nSPS) is 10.4. The van der Waals surface area contributed by atoms with E-state index >= 15 is 0 Å². The number of hydrogen-bond donors (Lipinski definition) is 2. The van der Waals surface area contributed by atoms with E-state index in [1.165, 1.54) is 0 Å². The molecule has 1 amide bonds. The van der Waals surface area contributed by atoms with Crippen LogP contribution in [0, 0.1) is 0 Å². The standard InChI is InChI=1S/C17H25N5O2.ClH/c1-5-15-16(17(23)19-11-10-18-4)20-21-22(15)13-6-8-14(9-7-13)24-12(2)3;/h6-9,12,18H,5,10-11H2,1-4H3,(H,19,23);1H. The van der Waals surface area contributed by atoms with Crippen LogP contribution in [0.5, 0.6) is 5.75 Å². The number of likely N-dealkylation sites (N-methyl/N-ethyl adjacent to an activating group) is 1. The van der Waals surface area contributed by atoms with Crippen LogP contribution < -0.4 is 15.4 Å². The van der Waals surface area contributed by atoms with Gasteiger partial charge in [0.2, 0.25) is 0 Å². The molecule has 2 rings (SSSR count). The number of carbonyl (C=O) groups excluding carboxylic acids is 1. The van der Waals surface area contributed by atoms with Crippen molar-refractivity contribution in [1.82, 2.24) is 25.6 Å². The molecule has 2 N–H and O–H groups in total. The van der Waals surface area contributed by atoms with Crippen molar-refractivity contribution >= 4 is 18.3 Å². The Morgan fingerprint density at radius 3 is 2.48 bits per heavy atom. The summed E-state index contributed by atoms with van der Waals surface area (Å²) in [6.45, 7) is 7.21. The molecule has 1 aromatic heterocycles. The molecule has 0 aliphatic carbocycles. The Hall–Kier alpha value is -2.12. The number of carbonyl (C=O) groups is 1. The summed E-state index contributed by atoms with van der Waals surface area (Å²) in [5, 5.41) is 14.0. The number of halogens is 1. The van der Waals surface area contributed by atoms with Crippen LogP contribution in [0.15, 0.2) is 24.3 Å². The van der Waals surface area contributed by atoms with Crippen molar-refractivity contribution in [3.63, 3.8) is 0 Å². The molecule has 1 aromatic carbocycles. The van der Waals surface area contributed by atoms with Gasteiger partial charge in [0, 0.05) is 13.1 Å². The summed E-state index contributed by atoms with van der Waals surface area (Å²) in [4.78, 5) is 12.2. The van der Waals surface area contributed by atoms with Crippen molar-refractivity contribution in [1.29, 1.82) is 0 Å². The molecular formula is C17H26ClN5O2. The summed E-state index contributed by atoms with van der Waals surface area (Å²) in [7, 11) is 1.84. The van der Waals surface area contributed by atoms with Crippen molar-refractivity contribution in [2.75, 3.05) is 20.1 Å². The summed E-state index contributed by atoms with van der Waals surface area (Å²) >= 11 is 0. The fraction of sp³-hybridized carbons (Fsp3) is 0.471. The van der Waals surface area contributed by atoms with Crippen LogP contribution in [0.3, 0.4) is 0 Å². The number of rotatable bonds is 8. The molecule has 1 heterocycles. The zero-order valence-corrected chi connectivity index (χ0v) is 15.9. The van der Waals surface area contributed by atoms with E-state index in [2.05, 4.69) is 20.9 Å². The predicted molar refractivity (Wildman–Crippen MR) is 100 cm³/mol. The third kappa shape index (κ3) is 5.44. The van der Waals surface area contributed by atoms with Gasteiger partial charge in [0.1, 0.15) is 5.75 Å². The molecule has 0 radical (unpaired) electrons. The molecule has 25 heavy (non-hydrogen) atoms. The highest BCUT2D eigenvalue weighted by molar-refractivity contribution is 5.93. The van der Waals surface area contributed by atoms with Crippen molar-refractivity contribution in [2.24, 2.45) is 0 Å². The van der Waals surface area contributed by atoms with Crippen LogP contribution in [0.2, 0.25) is 0 Å². The summed E-state index contributed by atoms with van der Waals surface area (Å²) < 4.78 is 7.35. The van der Waals surface area contributed by atoms with Gasteiger partial charge >= 0.3 is 0 Å². The lowest BCUT2D eigenvalue weighted by Gasteiger charge is -2.11. The number of hydrogen-bond acceptors (Lipinski definition) is 5. The fourth-order valence-corrected chi connectivity index (χ4v) is 2.33. The van der Waals surface area contributed by atoms with Crippen molar-refractivity contribution < 1.29 is 9.53 Å². The minimum atomic E-state index is -0.201. The van der Waals surface area contributed by atoms with Gasteiger partial charge in [-0.1, -0.05) is 12.1 Å². The van der Waals surface area contributed by atoms with Crippen LogP contribution in [0.4, 0.5) is 0 Å². The van der Waals surface area contributed by atoms with Gasteiger partial charge in [0.15, 0.2) is 5.69 Å². The van der Waals surface area contributed by atoms with Gasteiger partial charge in [-0.2, -0.15) is 0 Å². The van der Waals surface area contributed by atoms with Crippen molar-refractivity contribution in [3.05, 3.63) is 35.7 Å².